The highest BCUT2D eigenvalue weighted by molar-refractivity contribution is 5.37. The van der Waals surface area contributed by atoms with Crippen molar-refractivity contribution in [3.8, 4) is 5.75 Å². The maximum Gasteiger partial charge on any atom is 0.115 e. The standard InChI is InChI=1S/C18H21NO/c20-18-9-7-15-6-8-17(12-16(15)13-18)19-11-10-14-4-2-1-3-5-14/h1-5,7,9,13,17,19-20H,6,8,10-12H2. The molecule has 0 fully saturated rings. The molecule has 0 aliphatic heterocycles. The van der Waals surface area contributed by atoms with Crippen LogP contribution in [0.5, 0.6) is 5.75 Å². The van der Waals surface area contributed by atoms with Crippen molar-refractivity contribution < 1.29 is 5.11 Å². The number of fused-ring (bicyclic) bond motifs is 1. The van der Waals surface area contributed by atoms with Gasteiger partial charge in [-0.3, -0.25) is 0 Å². The number of phenolic OH excluding ortho intramolecular Hbond substituents is 1. The molecule has 2 aromatic carbocycles. The van der Waals surface area contributed by atoms with Crippen LogP contribution < -0.4 is 5.32 Å². The number of phenols is 1. The smallest absolute Gasteiger partial charge is 0.115 e. The topological polar surface area (TPSA) is 32.3 Å². The highest BCUT2D eigenvalue weighted by atomic mass is 16.3. The first-order valence-corrected chi connectivity index (χ1v) is 7.39. The average molecular weight is 267 g/mol. The predicted molar refractivity (Wildman–Crippen MR) is 82.1 cm³/mol. The van der Waals surface area contributed by atoms with Crippen molar-refractivity contribution in [3.05, 3.63) is 65.2 Å². The zero-order valence-corrected chi connectivity index (χ0v) is 11.7. The minimum Gasteiger partial charge on any atom is -0.508 e. The third-order valence-electron chi connectivity index (χ3n) is 4.11. The van der Waals surface area contributed by atoms with Gasteiger partial charge in [-0.1, -0.05) is 36.4 Å². The van der Waals surface area contributed by atoms with Crippen molar-refractivity contribution in [2.75, 3.05) is 6.54 Å². The third kappa shape index (κ3) is 3.20. The van der Waals surface area contributed by atoms with Gasteiger partial charge in [0.1, 0.15) is 5.75 Å². The van der Waals surface area contributed by atoms with Crippen LogP contribution in [0.3, 0.4) is 0 Å². The molecule has 2 N–H and O–H groups in total. The second-order valence-electron chi connectivity index (χ2n) is 5.58. The molecule has 1 aliphatic rings. The summed E-state index contributed by atoms with van der Waals surface area (Å²) in [5, 5.41) is 13.2. The van der Waals surface area contributed by atoms with Gasteiger partial charge in [0.05, 0.1) is 0 Å². The fraction of sp³-hybridized carbons (Fsp3) is 0.333. The SMILES string of the molecule is Oc1ccc2c(c1)CC(NCCc1ccccc1)CC2. The van der Waals surface area contributed by atoms with Crippen LogP contribution in [0.1, 0.15) is 23.1 Å². The third-order valence-corrected chi connectivity index (χ3v) is 4.11. The molecule has 20 heavy (non-hydrogen) atoms. The van der Waals surface area contributed by atoms with Gasteiger partial charge in [0.25, 0.3) is 0 Å². The zero-order valence-electron chi connectivity index (χ0n) is 11.7. The van der Waals surface area contributed by atoms with Crippen LogP contribution >= 0.6 is 0 Å². The van der Waals surface area contributed by atoms with E-state index >= 15 is 0 Å². The van der Waals surface area contributed by atoms with Crippen molar-refractivity contribution in [2.24, 2.45) is 0 Å². The van der Waals surface area contributed by atoms with E-state index in [2.05, 4.69) is 41.7 Å². The summed E-state index contributed by atoms with van der Waals surface area (Å²) in [5.74, 6) is 0.383. The summed E-state index contributed by atoms with van der Waals surface area (Å²) >= 11 is 0. The van der Waals surface area contributed by atoms with Crippen molar-refractivity contribution in [1.82, 2.24) is 5.32 Å². The maximum absolute atomic E-state index is 9.58. The molecule has 0 bridgehead atoms. The molecular formula is C18H21NO. The Morgan fingerprint density at radius 1 is 1.05 bits per heavy atom. The van der Waals surface area contributed by atoms with Gasteiger partial charge in [-0.2, -0.15) is 0 Å². The molecule has 0 amide bonds. The first-order chi connectivity index (χ1) is 9.81. The molecule has 2 aromatic rings. The number of rotatable bonds is 4. The van der Waals surface area contributed by atoms with Crippen LogP contribution in [0, 0.1) is 0 Å². The summed E-state index contributed by atoms with van der Waals surface area (Å²) in [6, 6.07) is 16.9. The lowest BCUT2D eigenvalue weighted by Gasteiger charge is -2.25. The second-order valence-corrected chi connectivity index (χ2v) is 5.58. The van der Waals surface area contributed by atoms with Gasteiger partial charge >= 0.3 is 0 Å². The van der Waals surface area contributed by atoms with E-state index in [1.807, 2.05) is 6.07 Å². The first-order valence-electron chi connectivity index (χ1n) is 7.39. The van der Waals surface area contributed by atoms with E-state index in [1.165, 1.54) is 23.1 Å². The van der Waals surface area contributed by atoms with Gasteiger partial charge in [-0.25, -0.2) is 0 Å². The van der Waals surface area contributed by atoms with Crippen molar-refractivity contribution in [1.29, 1.82) is 0 Å². The summed E-state index contributed by atoms with van der Waals surface area (Å²) in [7, 11) is 0. The summed E-state index contributed by atoms with van der Waals surface area (Å²) in [4.78, 5) is 0. The second kappa shape index (κ2) is 6.10. The fourth-order valence-electron chi connectivity index (χ4n) is 2.98. The number of benzene rings is 2. The molecule has 1 atom stereocenters. The molecule has 1 aliphatic carbocycles. The lowest BCUT2D eigenvalue weighted by atomic mass is 9.88. The van der Waals surface area contributed by atoms with E-state index in [0.717, 1.165) is 25.8 Å². The Hall–Kier alpha value is -1.80. The number of aromatic hydroxyl groups is 1. The molecule has 104 valence electrons. The van der Waals surface area contributed by atoms with Gasteiger partial charge in [0, 0.05) is 6.04 Å². The Balaban J connectivity index is 1.53. The first kappa shape index (κ1) is 13.2. The lowest BCUT2D eigenvalue weighted by molar-refractivity contribution is 0.452. The van der Waals surface area contributed by atoms with Crippen LogP contribution in [-0.4, -0.2) is 17.7 Å². The molecule has 2 heteroatoms. The van der Waals surface area contributed by atoms with Gasteiger partial charge < -0.3 is 10.4 Å². The van der Waals surface area contributed by atoms with E-state index in [0.29, 0.717) is 11.8 Å². The van der Waals surface area contributed by atoms with E-state index < -0.39 is 0 Å². The van der Waals surface area contributed by atoms with Crippen LogP contribution in [0.2, 0.25) is 0 Å². The summed E-state index contributed by atoms with van der Waals surface area (Å²) < 4.78 is 0. The Kier molecular flexibility index (Phi) is 4.03. The summed E-state index contributed by atoms with van der Waals surface area (Å²) in [5.41, 5.74) is 4.08. The Morgan fingerprint density at radius 3 is 2.75 bits per heavy atom. The summed E-state index contributed by atoms with van der Waals surface area (Å²) in [6.07, 6.45) is 4.40. The van der Waals surface area contributed by atoms with Crippen LogP contribution in [0.4, 0.5) is 0 Å². The van der Waals surface area contributed by atoms with Crippen LogP contribution in [0.25, 0.3) is 0 Å². The molecule has 0 saturated heterocycles. The van der Waals surface area contributed by atoms with Gasteiger partial charge in [0.15, 0.2) is 0 Å². The molecule has 0 heterocycles. The number of nitrogens with one attached hydrogen (secondary N) is 1. The zero-order chi connectivity index (χ0) is 13.8. The van der Waals surface area contributed by atoms with E-state index in [4.69, 9.17) is 0 Å². The van der Waals surface area contributed by atoms with Gasteiger partial charge in [-0.05, 0) is 61.1 Å². The Bertz CT molecular complexity index is 565. The van der Waals surface area contributed by atoms with Crippen molar-refractivity contribution >= 4 is 0 Å². The van der Waals surface area contributed by atoms with Gasteiger partial charge in [0.2, 0.25) is 0 Å². The minimum absolute atomic E-state index is 0.383. The molecule has 0 saturated carbocycles. The average Bonchev–Trinajstić information content (AvgIpc) is 2.48. The fourth-order valence-corrected chi connectivity index (χ4v) is 2.98. The summed E-state index contributed by atoms with van der Waals surface area (Å²) in [6.45, 7) is 1.02. The lowest BCUT2D eigenvalue weighted by Crippen LogP contribution is -2.35. The van der Waals surface area contributed by atoms with E-state index in [9.17, 15) is 5.11 Å². The quantitative estimate of drug-likeness (QED) is 0.892. The molecule has 0 radical (unpaired) electrons. The maximum atomic E-state index is 9.58. The molecule has 1 unspecified atom stereocenters. The highest BCUT2D eigenvalue weighted by Gasteiger charge is 2.18. The number of aryl methyl sites for hydroxylation is 1. The van der Waals surface area contributed by atoms with Crippen molar-refractivity contribution in [3.63, 3.8) is 0 Å². The van der Waals surface area contributed by atoms with Crippen molar-refractivity contribution in [2.45, 2.75) is 31.7 Å². The molecule has 2 nitrogen and oxygen atoms in total. The van der Waals surface area contributed by atoms with Crippen LogP contribution in [-0.2, 0) is 19.3 Å². The normalized spacial score (nSPS) is 17.7. The number of hydrogen-bond donors (Lipinski definition) is 2. The largest absolute Gasteiger partial charge is 0.508 e. The number of hydrogen-bond acceptors (Lipinski definition) is 2. The predicted octanol–water partition coefficient (Wildman–Crippen LogP) is 3.08. The monoisotopic (exact) mass is 267 g/mol. The van der Waals surface area contributed by atoms with Gasteiger partial charge in [-0.15, -0.1) is 0 Å². The Labute approximate surface area is 120 Å². The van der Waals surface area contributed by atoms with E-state index in [-0.39, 0.29) is 0 Å². The minimum atomic E-state index is 0.383. The molecular weight excluding hydrogens is 246 g/mol. The molecule has 3 rings (SSSR count). The Morgan fingerprint density at radius 2 is 1.90 bits per heavy atom. The molecule has 0 aromatic heterocycles. The molecule has 0 spiro atoms. The van der Waals surface area contributed by atoms with Crippen LogP contribution in [0.15, 0.2) is 48.5 Å². The van der Waals surface area contributed by atoms with E-state index in [1.54, 1.807) is 6.07 Å². The highest BCUT2D eigenvalue weighted by Crippen LogP contribution is 2.24.